The summed E-state index contributed by atoms with van der Waals surface area (Å²) < 4.78 is 37.6. The quantitative estimate of drug-likeness (QED) is 0.519. The molecule has 1 aliphatic rings. The molecule has 0 spiro atoms. The molecule has 0 bridgehead atoms. The van der Waals surface area contributed by atoms with Gasteiger partial charge in [0.2, 0.25) is 0 Å². The lowest BCUT2D eigenvalue weighted by Gasteiger charge is -2.37. The van der Waals surface area contributed by atoms with Crippen LogP contribution in [0.1, 0.15) is 43.2 Å². The molecule has 1 amide bonds. The summed E-state index contributed by atoms with van der Waals surface area (Å²) in [7, 11) is 1.64. The van der Waals surface area contributed by atoms with Crippen molar-refractivity contribution in [2.75, 3.05) is 7.05 Å². The summed E-state index contributed by atoms with van der Waals surface area (Å²) in [5, 5.41) is 32.8. The summed E-state index contributed by atoms with van der Waals surface area (Å²) in [4.78, 5) is 13.6. The van der Waals surface area contributed by atoms with Crippen molar-refractivity contribution in [3.63, 3.8) is 0 Å². The van der Waals surface area contributed by atoms with Gasteiger partial charge in [-0.15, -0.1) is 0 Å². The second-order valence-corrected chi connectivity index (χ2v) is 7.22. The number of rotatable bonds is 7. The fourth-order valence-corrected chi connectivity index (χ4v) is 3.37. The zero-order valence-corrected chi connectivity index (χ0v) is 15.7. The number of hydrogen-bond donors (Lipinski definition) is 4. The molecule has 158 valence electrons. The van der Waals surface area contributed by atoms with Gasteiger partial charge in [0.05, 0.1) is 5.56 Å². The molecule has 3 atom stereocenters. The van der Waals surface area contributed by atoms with Crippen molar-refractivity contribution in [2.45, 2.75) is 69.3 Å². The Morgan fingerprint density at radius 3 is 2.25 bits per heavy atom. The summed E-state index contributed by atoms with van der Waals surface area (Å²) >= 11 is 0. The van der Waals surface area contributed by atoms with Gasteiger partial charge in [0.25, 0.3) is 5.91 Å². The Morgan fingerprint density at radius 2 is 1.71 bits per heavy atom. The van der Waals surface area contributed by atoms with Gasteiger partial charge in [-0.2, -0.15) is 13.2 Å². The molecule has 0 aliphatic heterocycles. The predicted octanol–water partition coefficient (Wildman–Crippen LogP) is 1.63. The molecule has 1 fully saturated rings. The second kappa shape index (κ2) is 9.69. The maximum atomic E-state index is 12.5. The zero-order chi connectivity index (χ0) is 20.9. The third-order valence-corrected chi connectivity index (χ3v) is 5.21. The topological polar surface area (TPSA) is 93.0 Å². The van der Waals surface area contributed by atoms with E-state index in [9.17, 15) is 33.3 Å². The van der Waals surface area contributed by atoms with Crippen molar-refractivity contribution in [3.05, 3.63) is 35.4 Å². The minimum atomic E-state index is -4.44. The van der Waals surface area contributed by atoms with E-state index in [2.05, 4.69) is 5.32 Å². The van der Waals surface area contributed by atoms with E-state index >= 15 is 0 Å². The molecule has 0 heterocycles. The SMILES string of the molecule is CN(C1CCCCC1)C(O)[C@H](O)[C@@H](O)C(=O)NCc1ccc(C(F)(F)F)cc1. The largest absolute Gasteiger partial charge is 0.416 e. The minimum absolute atomic E-state index is 0.0702. The van der Waals surface area contributed by atoms with Crippen LogP contribution in [0, 0.1) is 0 Å². The third kappa shape index (κ3) is 5.91. The molecule has 4 N–H and O–H groups in total. The summed E-state index contributed by atoms with van der Waals surface area (Å²) in [6, 6.07) is 4.31. The first-order chi connectivity index (χ1) is 13.1. The zero-order valence-electron chi connectivity index (χ0n) is 15.7. The lowest BCUT2D eigenvalue weighted by molar-refractivity contribution is -0.156. The van der Waals surface area contributed by atoms with Gasteiger partial charge >= 0.3 is 6.18 Å². The number of benzene rings is 1. The highest BCUT2D eigenvalue weighted by atomic mass is 19.4. The number of alkyl halides is 3. The van der Waals surface area contributed by atoms with Crippen LogP contribution < -0.4 is 5.32 Å². The number of nitrogens with zero attached hydrogens (tertiary/aromatic N) is 1. The van der Waals surface area contributed by atoms with Gasteiger partial charge in [-0.1, -0.05) is 31.4 Å². The van der Waals surface area contributed by atoms with Crippen molar-refractivity contribution < 1.29 is 33.3 Å². The van der Waals surface area contributed by atoms with Crippen LogP contribution in [0.4, 0.5) is 13.2 Å². The number of carbonyl (C=O) groups is 1. The molecule has 1 aromatic rings. The van der Waals surface area contributed by atoms with E-state index in [1.807, 2.05) is 0 Å². The average Bonchev–Trinajstić information content (AvgIpc) is 2.70. The lowest BCUT2D eigenvalue weighted by atomic mass is 9.94. The number of aliphatic hydroxyl groups is 3. The number of amides is 1. The van der Waals surface area contributed by atoms with E-state index < -0.39 is 36.1 Å². The van der Waals surface area contributed by atoms with Crippen LogP contribution >= 0.6 is 0 Å². The Labute approximate surface area is 162 Å². The molecule has 6 nitrogen and oxygen atoms in total. The van der Waals surface area contributed by atoms with Crippen LogP contribution in [-0.2, 0) is 17.5 Å². The molecule has 0 saturated heterocycles. The first-order valence-corrected chi connectivity index (χ1v) is 9.31. The van der Waals surface area contributed by atoms with Crippen LogP contribution in [0.5, 0.6) is 0 Å². The van der Waals surface area contributed by atoms with Crippen molar-refractivity contribution in [3.8, 4) is 0 Å². The Bertz CT molecular complexity index is 633. The van der Waals surface area contributed by atoms with Gasteiger partial charge in [-0.3, -0.25) is 9.69 Å². The molecular formula is C19H27F3N2O4. The lowest BCUT2D eigenvalue weighted by Crippen LogP contribution is -2.54. The Balaban J connectivity index is 1.86. The summed E-state index contributed by atoms with van der Waals surface area (Å²) in [6.07, 6.45) is -4.51. The van der Waals surface area contributed by atoms with E-state index in [1.54, 1.807) is 11.9 Å². The number of aliphatic hydroxyl groups excluding tert-OH is 3. The number of carbonyl (C=O) groups excluding carboxylic acids is 1. The normalized spacial score (nSPS) is 19.3. The van der Waals surface area contributed by atoms with E-state index in [1.165, 1.54) is 12.1 Å². The maximum Gasteiger partial charge on any atom is 0.416 e. The van der Waals surface area contributed by atoms with E-state index in [0.717, 1.165) is 44.2 Å². The number of likely N-dealkylation sites (N-methyl/N-ethyl adjacent to an activating group) is 1. The van der Waals surface area contributed by atoms with Crippen molar-refractivity contribution in [1.82, 2.24) is 10.2 Å². The first kappa shape index (κ1) is 22.6. The molecule has 2 rings (SSSR count). The fourth-order valence-electron chi connectivity index (χ4n) is 3.37. The van der Waals surface area contributed by atoms with Crippen molar-refractivity contribution >= 4 is 5.91 Å². The van der Waals surface area contributed by atoms with Gasteiger partial charge in [-0.05, 0) is 37.6 Å². The molecule has 1 aromatic carbocycles. The highest BCUT2D eigenvalue weighted by molar-refractivity contribution is 5.81. The number of nitrogens with one attached hydrogen (secondary N) is 1. The number of hydrogen-bond acceptors (Lipinski definition) is 5. The smallest absolute Gasteiger partial charge is 0.386 e. The highest BCUT2D eigenvalue weighted by Gasteiger charge is 2.35. The van der Waals surface area contributed by atoms with Crippen LogP contribution in [-0.4, -0.2) is 57.7 Å². The third-order valence-electron chi connectivity index (χ3n) is 5.21. The monoisotopic (exact) mass is 404 g/mol. The maximum absolute atomic E-state index is 12.5. The van der Waals surface area contributed by atoms with Gasteiger partial charge in [0.15, 0.2) is 6.10 Å². The highest BCUT2D eigenvalue weighted by Crippen LogP contribution is 2.29. The summed E-state index contributed by atoms with van der Waals surface area (Å²) in [5.74, 6) is -0.913. The molecule has 9 heteroatoms. The molecular weight excluding hydrogens is 377 g/mol. The molecule has 28 heavy (non-hydrogen) atoms. The molecule has 1 aliphatic carbocycles. The molecule has 1 saturated carbocycles. The van der Waals surface area contributed by atoms with Gasteiger partial charge < -0.3 is 20.6 Å². The van der Waals surface area contributed by atoms with Crippen LogP contribution in [0.25, 0.3) is 0 Å². The minimum Gasteiger partial charge on any atom is -0.386 e. The van der Waals surface area contributed by atoms with Crippen LogP contribution in [0.3, 0.4) is 0 Å². The van der Waals surface area contributed by atoms with Crippen LogP contribution in [0.15, 0.2) is 24.3 Å². The number of halogens is 3. The van der Waals surface area contributed by atoms with Crippen molar-refractivity contribution in [1.29, 1.82) is 0 Å². The standard InChI is InChI=1S/C19H27F3N2O4/c1-24(14-5-3-2-4-6-14)18(28)16(26)15(25)17(27)23-11-12-7-9-13(10-8-12)19(20,21)22/h7-10,14-16,18,25-26,28H,2-6,11H2,1H3,(H,23,27)/t15-,16-,18?/m1/s1. The Hall–Kier alpha value is -1.68. The Morgan fingerprint density at radius 1 is 1.14 bits per heavy atom. The van der Waals surface area contributed by atoms with Crippen LogP contribution in [0.2, 0.25) is 0 Å². The van der Waals surface area contributed by atoms with Crippen molar-refractivity contribution in [2.24, 2.45) is 0 Å². The predicted molar refractivity (Wildman–Crippen MR) is 95.9 cm³/mol. The molecule has 0 radical (unpaired) electrons. The van der Waals surface area contributed by atoms with E-state index in [4.69, 9.17) is 0 Å². The second-order valence-electron chi connectivity index (χ2n) is 7.22. The van der Waals surface area contributed by atoms with Gasteiger partial charge in [-0.25, -0.2) is 0 Å². The van der Waals surface area contributed by atoms with Gasteiger partial charge in [0.1, 0.15) is 12.3 Å². The molecule has 1 unspecified atom stereocenters. The summed E-state index contributed by atoms with van der Waals surface area (Å²) in [6.45, 7) is -0.116. The first-order valence-electron chi connectivity index (χ1n) is 9.31. The molecule has 0 aromatic heterocycles. The average molecular weight is 404 g/mol. The fraction of sp³-hybridized carbons (Fsp3) is 0.632. The van der Waals surface area contributed by atoms with E-state index in [-0.39, 0.29) is 12.6 Å². The Kier molecular flexibility index (Phi) is 7.82. The van der Waals surface area contributed by atoms with Gasteiger partial charge in [0, 0.05) is 12.6 Å². The van der Waals surface area contributed by atoms with E-state index in [0.29, 0.717) is 5.56 Å². The summed E-state index contributed by atoms with van der Waals surface area (Å²) in [5.41, 5.74) is -0.394.